The van der Waals surface area contributed by atoms with Gasteiger partial charge in [-0.3, -0.25) is 4.79 Å². The molecule has 0 aromatic heterocycles. The Hall–Kier alpha value is -1.69. The fourth-order valence-corrected chi connectivity index (χ4v) is 2.32. The van der Waals surface area contributed by atoms with E-state index in [9.17, 15) is 13.6 Å². The summed E-state index contributed by atoms with van der Waals surface area (Å²) in [4.78, 5) is 13.7. The molecule has 1 aliphatic heterocycles. The van der Waals surface area contributed by atoms with E-state index >= 15 is 0 Å². The normalized spacial score (nSPS) is 18.2. The predicted molar refractivity (Wildman–Crippen MR) is 71.3 cm³/mol. The van der Waals surface area contributed by atoms with Crippen molar-refractivity contribution in [3.63, 3.8) is 0 Å². The number of amides is 1. The van der Waals surface area contributed by atoms with Crippen LogP contribution in [0.4, 0.5) is 14.5 Å². The van der Waals surface area contributed by atoms with Crippen molar-refractivity contribution in [2.75, 3.05) is 32.0 Å². The van der Waals surface area contributed by atoms with Crippen molar-refractivity contribution in [3.05, 3.63) is 29.3 Å². The van der Waals surface area contributed by atoms with Crippen LogP contribution in [0, 0.1) is 17.6 Å². The third kappa shape index (κ3) is 2.90. The lowest BCUT2D eigenvalue weighted by molar-refractivity contribution is 0.0721. The molecule has 1 amide bonds. The van der Waals surface area contributed by atoms with Gasteiger partial charge in [-0.15, -0.1) is 0 Å². The first-order valence-corrected chi connectivity index (χ1v) is 6.65. The fraction of sp³-hybridized carbons (Fsp3) is 0.500. The number of nitrogens with zero attached hydrogens (tertiary/aromatic N) is 1. The summed E-state index contributed by atoms with van der Waals surface area (Å²) < 4.78 is 32.9. The molecule has 110 valence electrons. The minimum absolute atomic E-state index is 0.214. The Labute approximate surface area is 116 Å². The van der Waals surface area contributed by atoms with Gasteiger partial charge in [-0.25, -0.2) is 8.78 Å². The fourth-order valence-electron chi connectivity index (χ4n) is 2.32. The predicted octanol–water partition coefficient (Wildman–Crippen LogP) is 2.05. The van der Waals surface area contributed by atoms with Gasteiger partial charge in [-0.1, -0.05) is 0 Å². The van der Waals surface area contributed by atoms with Crippen molar-refractivity contribution in [3.8, 4) is 0 Å². The van der Waals surface area contributed by atoms with Gasteiger partial charge in [0.25, 0.3) is 5.91 Å². The average Bonchev–Trinajstić information content (AvgIpc) is 2.93. The molecule has 1 unspecified atom stereocenters. The third-order valence-electron chi connectivity index (χ3n) is 3.51. The van der Waals surface area contributed by atoms with Gasteiger partial charge in [0, 0.05) is 25.6 Å². The molecule has 1 aliphatic rings. The number of anilines is 1. The number of hydrogen-bond donors (Lipinski definition) is 1. The van der Waals surface area contributed by atoms with E-state index in [0.717, 1.165) is 18.6 Å². The lowest BCUT2D eigenvalue weighted by Crippen LogP contribution is -2.36. The van der Waals surface area contributed by atoms with E-state index < -0.39 is 23.1 Å². The van der Waals surface area contributed by atoms with Gasteiger partial charge in [0.05, 0.1) is 12.3 Å². The number of benzene rings is 1. The highest BCUT2D eigenvalue weighted by molar-refractivity contribution is 5.95. The van der Waals surface area contributed by atoms with Gasteiger partial charge < -0.3 is 15.4 Å². The van der Waals surface area contributed by atoms with Crippen LogP contribution >= 0.6 is 0 Å². The third-order valence-corrected chi connectivity index (χ3v) is 3.51. The number of hydrogen-bond acceptors (Lipinski definition) is 3. The maximum absolute atomic E-state index is 13.9. The lowest BCUT2D eigenvalue weighted by Gasteiger charge is -2.24. The molecule has 1 atom stereocenters. The first-order valence-electron chi connectivity index (χ1n) is 6.65. The molecule has 2 rings (SSSR count). The zero-order chi connectivity index (χ0) is 14.7. The summed E-state index contributed by atoms with van der Waals surface area (Å²) >= 11 is 0. The van der Waals surface area contributed by atoms with Crippen molar-refractivity contribution in [1.29, 1.82) is 0 Å². The Balaban J connectivity index is 2.21. The second kappa shape index (κ2) is 6.17. The summed E-state index contributed by atoms with van der Waals surface area (Å²) in [7, 11) is 0. The van der Waals surface area contributed by atoms with Crippen LogP contribution in [0.25, 0.3) is 0 Å². The Morgan fingerprint density at radius 1 is 1.50 bits per heavy atom. The van der Waals surface area contributed by atoms with Crippen LogP contribution < -0.4 is 5.73 Å². The maximum Gasteiger partial charge on any atom is 0.259 e. The van der Waals surface area contributed by atoms with Gasteiger partial charge in [0.1, 0.15) is 11.4 Å². The Kier molecular flexibility index (Phi) is 4.54. The number of halogens is 2. The standard InChI is InChI=1S/C14H18F2N2O2/c1-2-18(7-9-5-6-20-8-9)14(19)12-10(15)3-4-11(17)13(12)16/h3-4,9H,2,5-8,17H2,1H3. The van der Waals surface area contributed by atoms with E-state index in [0.29, 0.717) is 26.3 Å². The highest BCUT2D eigenvalue weighted by atomic mass is 19.1. The molecular weight excluding hydrogens is 266 g/mol. The number of carbonyl (C=O) groups is 1. The van der Waals surface area contributed by atoms with Crippen LogP contribution in [0.15, 0.2) is 12.1 Å². The van der Waals surface area contributed by atoms with Gasteiger partial charge in [-0.2, -0.15) is 0 Å². The first-order chi connectivity index (χ1) is 9.54. The number of nitrogen functional groups attached to an aromatic ring is 1. The Bertz CT molecular complexity index is 502. The van der Waals surface area contributed by atoms with E-state index in [-0.39, 0.29) is 11.6 Å². The molecule has 0 bridgehead atoms. The summed E-state index contributed by atoms with van der Waals surface area (Å²) in [5, 5.41) is 0. The van der Waals surface area contributed by atoms with Crippen molar-refractivity contribution >= 4 is 11.6 Å². The number of nitrogens with two attached hydrogens (primary N) is 1. The van der Waals surface area contributed by atoms with Crippen molar-refractivity contribution in [2.24, 2.45) is 5.92 Å². The molecule has 0 spiro atoms. The average molecular weight is 284 g/mol. The topological polar surface area (TPSA) is 55.6 Å². The number of ether oxygens (including phenoxy) is 1. The van der Waals surface area contributed by atoms with Crippen LogP contribution in [-0.4, -0.2) is 37.1 Å². The molecule has 2 N–H and O–H groups in total. The van der Waals surface area contributed by atoms with E-state index in [2.05, 4.69) is 0 Å². The van der Waals surface area contributed by atoms with Gasteiger partial charge in [-0.05, 0) is 25.5 Å². The van der Waals surface area contributed by atoms with Crippen molar-refractivity contribution < 1.29 is 18.3 Å². The van der Waals surface area contributed by atoms with Gasteiger partial charge in [0.15, 0.2) is 5.82 Å². The van der Waals surface area contributed by atoms with Gasteiger partial charge >= 0.3 is 0 Å². The molecule has 0 saturated carbocycles. The molecule has 0 aliphatic carbocycles. The van der Waals surface area contributed by atoms with Crippen LogP contribution in [-0.2, 0) is 4.74 Å². The van der Waals surface area contributed by atoms with E-state index in [1.807, 2.05) is 0 Å². The zero-order valence-electron chi connectivity index (χ0n) is 11.4. The van der Waals surface area contributed by atoms with E-state index in [4.69, 9.17) is 10.5 Å². The SMILES string of the molecule is CCN(CC1CCOC1)C(=O)c1c(F)ccc(N)c1F. The zero-order valence-corrected chi connectivity index (χ0v) is 11.4. The molecule has 1 aromatic carbocycles. The molecule has 4 nitrogen and oxygen atoms in total. The summed E-state index contributed by atoms with van der Waals surface area (Å²) in [6.07, 6.45) is 0.853. The molecule has 1 aromatic rings. The second-order valence-electron chi connectivity index (χ2n) is 4.90. The number of rotatable bonds is 4. The summed E-state index contributed by atoms with van der Waals surface area (Å²) in [6, 6.07) is 2.13. The molecule has 20 heavy (non-hydrogen) atoms. The van der Waals surface area contributed by atoms with Crippen molar-refractivity contribution in [1.82, 2.24) is 4.90 Å². The van der Waals surface area contributed by atoms with E-state index in [1.165, 1.54) is 4.90 Å². The Morgan fingerprint density at radius 2 is 2.25 bits per heavy atom. The van der Waals surface area contributed by atoms with Crippen LogP contribution in [0.2, 0.25) is 0 Å². The quantitative estimate of drug-likeness (QED) is 0.861. The van der Waals surface area contributed by atoms with Crippen LogP contribution in [0.5, 0.6) is 0 Å². The highest BCUT2D eigenvalue weighted by Crippen LogP contribution is 2.22. The highest BCUT2D eigenvalue weighted by Gasteiger charge is 2.27. The molecule has 6 heteroatoms. The maximum atomic E-state index is 13.9. The minimum atomic E-state index is -0.990. The van der Waals surface area contributed by atoms with Crippen LogP contribution in [0.3, 0.4) is 0 Å². The largest absolute Gasteiger partial charge is 0.396 e. The second-order valence-corrected chi connectivity index (χ2v) is 4.90. The monoisotopic (exact) mass is 284 g/mol. The first kappa shape index (κ1) is 14.7. The molecule has 1 heterocycles. The molecule has 0 radical (unpaired) electrons. The Morgan fingerprint density at radius 3 is 2.85 bits per heavy atom. The van der Waals surface area contributed by atoms with Crippen LogP contribution in [0.1, 0.15) is 23.7 Å². The summed E-state index contributed by atoms with van der Waals surface area (Å²) in [5.41, 5.74) is 4.60. The molecular formula is C14H18F2N2O2. The van der Waals surface area contributed by atoms with E-state index in [1.54, 1.807) is 6.92 Å². The van der Waals surface area contributed by atoms with Crippen molar-refractivity contribution in [2.45, 2.75) is 13.3 Å². The van der Waals surface area contributed by atoms with Gasteiger partial charge in [0.2, 0.25) is 0 Å². The molecule has 1 saturated heterocycles. The molecule has 1 fully saturated rings. The summed E-state index contributed by atoms with van der Waals surface area (Å²) in [6.45, 7) is 3.82. The number of carbonyl (C=O) groups excluding carboxylic acids is 1. The smallest absolute Gasteiger partial charge is 0.259 e. The summed E-state index contributed by atoms with van der Waals surface area (Å²) in [5.74, 6) is -2.33. The minimum Gasteiger partial charge on any atom is -0.396 e. The lowest BCUT2D eigenvalue weighted by atomic mass is 10.1.